The standard InChI is InChI=1S/C10H18F3NO2/c1-8(2)6-14(7-9(15)16)5-3-4-10(11,12)13/h8H,3-7H2,1-2H3,(H,15,16). The van der Waals surface area contributed by atoms with E-state index < -0.39 is 18.6 Å². The van der Waals surface area contributed by atoms with Crippen molar-refractivity contribution in [2.45, 2.75) is 32.9 Å². The molecule has 0 bridgehead atoms. The number of aliphatic carboxylic acids is 1. The molecule has 3 nitrogen and oxygen atoms in total. The molecular weight excluding hydrogens is 223 g/mol. The smallest absolute Gasteiger partial charge is 0.389 e. The molecule has 0 radical (unpaired) electrons. The summed E-state index contributed by atoms with van der Waals surface area (Å²) in [5.74, 6) is -0.766. The fourth-order valence-electron chi connectivity index (χ4n) is 1.45. The van der Waals surface area contributed by atoms with E-state index in [1.54, 1.807) is 4.90 Å². The number of rotatable bonds is 7. The van der Waals surface area contributed by atoms with Crippen LogP contribution in [-0.2, 0) is 4.79 Å². The molecule has 0 saturated heterocycles. The van der Waals surface area contributed by atoms with Crippen LogP contribution in [0.4, 0.5) is 13.2 Å². The van der Waals surface area contributed by atoms with Gasteiger partial charge in [0.1, 0.15) is 0 Å². The predicted molar refractivity (Wildman–Crippen MR) is 54.2 cm³/mol. The van der Waals surface area contributed by atoms with Crippen LogP contribution in [0.1, 0.15) is 26.7 Å². The lowest BCUT2D eigenvalue weighted by atomic mass is 10.2. The average Bonchev–Trinajstić information content (AvgIpc) is 1.98. The Morgan fingerprint density at radius 1 is 1.38 bits per heavy atom. The molecule has 0 aromatic carbocycles. The Balaban J connectivity index is 3.96. The molecule has 1 N–H and O–H groups in total. The Morgan fingerprint density at radius 2 is 1.94 bits per heavy atom. The van der Waals surface area contributed by atoms with Crippen LogP contribution in [0.2, 0.25) is 0 Å². The highest BCUT2D eigenvalue weighted by Crippen LogP contribution is 2.21. The molecule has 0 aliphatic carbocycles. The van der Waals surface area contributed by atoms with Crippen LogP contribution in [0, 0.1) is 5.92 Å². The van der Waals surface area contributed by atoms with Crippen LogP contribution in [0.25, 0.3) is 0 Å². The van der Waals surface area contributed by atoms with Gasteiger partial charge >= 0.3 is 12.1 Å². The summed E-state index contributed by atoms with van der Waals surface area (Å²) in [6.07, 6.45) is -5.07. The third kappa shape index (κ3) is 9.76. The summed E-state index contributed by atoms with van der Waals surface area (Å²) in [6.45, 7) is 4.28. The molecule has 96 valence electrons. The molecule has 16 heavy (non-hydrogen) atoms. The van der Waals surface area contributed by atoms with E-state index in [1.165, 1.54) is 0 Å². The normalized spacial score (nSPS) is 12.4. The second kappa shape index (κ2) is 6.73. The molecular formula is C10H18F3NO2. The lowest BCUT2D eigenvalue weighted by Crippen LogP contribution is -2.34. The van der Waals surface area contributed by atoms with Gasteiger partial charge in [-0.05, 0) is 18.9 Å². The van der Waals surface area contributed by atoms with Gasteiger partial charge < -0.3 is 5.11 Å². The number of halogens is 3. The molecule has 0 spiro atoms. The highest BCUT2D eigenvalue weighted by atomic mass is 19.4. The first-order valence-corrected chi connectivity index (χ1v) is 5.21. The van der Waals surface area contributed by atoms with E-state index in [9.17, 15) is 18.0 Å². The molecule has 0 aliphatic heterocycles. The van der Waals surface area contributed by atoms with Crippen LogP contribution in [0.15, 0.2) is 0 Å². The van der Waals surface area contributed by atoms with Crippen molar-refractivity contribution in [2.75, 3.05) is 19.6 Å². The number of carboxylic acids is 1. The van der Waals surface area contributed by atoms with Crippen LogP contribution in [0.5, 0.6) is 0 Å². The van der Waals surface area contributed by atoms with Gasteiger partial charge in [0.15, 0.2) is 0 Å². The molecule has 0 aliphatic rings. The molecule has 0 heterocycles. The summed E-state index contributed by atoms with van der Waals surface area (Å²) in [7, 11) is 0. The van der Waals surface area contributed by atoms with E-state index in [4.69, 9.17) is 5.11 Å². The Bertz CT molecular complexity index is 217. The van der Waals surface area contributed by atoms with Gasteiger partial charge in [-0.25, -0.2) is 0 Å². The summed E-state index contributed by atoms with van der Waals surface area (Å²) >= 11 is 0. The van der Waals surface area contributed by atoms with Crippen molar-refractivity contribution in [3.05, 3.63) is 0 Å². The zero-order valence-corrected chi connectivity index (χ0v) is 9.55. The molecule has 0 atom stereocenters. The van der Waals surface area contributed by atoms with Crippen molar-refractivity contribution < 1.29 is 23.1 Å². The number of hydrogen-bond donors (Lipinski definition) is 1. The van der Waals surface area contributed by atoms with Gasteiger partial charge in [0, 0.05) is 13.0 Å². The van der Waals surface area contributed by atoms with Gasteiger partial charge in [0.05, 0.1) is 6.54 Å². The second-order valence-electron chi connectivity index (χ2n) is 4.24. The highest BCUT2D eigenvalue weighted by molar-refractivity contribution is 5.69. The molecule has 0 amide bonds. The van der Waals surface area contributed by atoms with Crippen molar-refractivity contribution in [3.63, 3.8) is 0 Å². The van der Waals surface area contributed by atoms with Crippen LogP contribution < -0.4 is 0 Å². The molecule has 0 aromatic rings. The summed E-state index contributed by atoms with van der Waals surface area (Å²) in [5, 5.41) is 8.59. The summed E-state index contributed by atoms with van der Waals surface area (Å²) in [5.41, 5.74) is 0. The molecule has 0 aromatic heterocycles. The minimum Gasteiger partial charge on any atom is -0.480 e. The number of carbonyl (C=O) groups is 1. The van der Waals surface area contributed by atoms with E-state index in [1.807, 2.05) is 13.8 Å². The first-order valence-electron chi connectivity index (χ1n) is 5.21. The number of alkyl halides is 3. The lowest BCUT2D eigenvalue weighted by molar-refractivity contribution is -0.139. The van der Waals surface area contributed by atoms with E-state index in [0.717, 1.165) is 0 Å². The van der Waals surface area contributed by atoms with Crippen molar-refractivity contribution in [2.24, 2.45) is 5.92 Å². The number of carboxylic acid groups (broad SMARTS) is 1. The molecule has 0 saturated carbocycles. The molecule has 6 heteroatoms. The van der Waals surface area contributed by atoms with Crippen LogP contribution in [-0.4, -0.2) is 41.8 Å². The van der Waals surface area contributed by atoms with E-state index in [-0.39, 0.29) is 25.4 Å². The van der Waals surface area contributed by atoms with Crippen molar-refractivity contribution >= 4 is 5.97 Å². The average molecular weight is 241 g/mol. The minimum absolute atomic E-state index is 0.0521. The van der Waals surface area contributed by atoms with E-state index in [0.29, 0.717) is 6.54 Å². The maximum atomic E-state index is 11.9. The van der Waals surface area contributed by atoms with Crippen molar-refractivity contribution in [1.29, 1.82) is 0 Å². The summed E-state index contributed by atoms with van der Waals surface area (Å²) < 4.78 is 35.7. The van der Waals surface area contributed by atoms with Crippen LogP contribution >= 0.6 is 0 Å². The first-order chi connectivity index (χ1) is 7.20. The largest absolute Gasteiger partial charge is 0.480 e. The first kappa shape index (κ1) is 15.2. The van der Waals surface area contributed by atoms with Crippen molar-refractivity contribution in [3.8, 4) is 0 Å². The Labute approximate surface area is 93.2 Å². The predicted octanol–water partition coefficient (Wildman–Crippen LogP) is 2.37. The van der Waals surface area contributed by atoms with Crippen LogP contribution in [0.3, 0.4) is 0 Å². The topological polar surface area (TPSA) is 40.5 Å². The Hall–Kier alpha value is -0.780. The maximum absolute atomic E-state index is 11.9. The number of nitrogens with zero attached hydrogens (tertiary/aromatic N) is 1. The fraction of sp³-hybridized carbons (Fsp3) is 0.900. The quantitative estimate of drug-likeness (QED) is 0.744. The highest BCUT2D eigenvalue weighted by Gasteiger charge is 2.26. The Morgan fingerprint density at radius 3 is 2.31 bits per heavy atom. The van der Waals surface area contributed by atoms with E-state index >= 15 is 0 Å². The van der Waals surface area contributed by atoms with Gasteiger partial charge in [-0.15, -0.1) is 0 Å². The van der Waals surface area contributed by atoms with E-state index in [2.05, 4.69) is 0 Å². The van der Waals surface area contributed by atoms with Gasteiger partial charge in [-0.1, -0.05) is 13.8 Å². The van der Waals surface area contributed by atoms with Gasteiger partial charge in [-0.2, -0.15) is 13.2 Å². The number of hydrogen-bond acceptors (Lipinski definition) is 2. The minimum atomic E-state index is -4.16. The monoisotopic (exact) mass is 241 g/mol. The van der Waals surface area contributed by atoms with Gasteiger partial charge in [-0.3, -0.25) is 9.69 Å². The van der Waals surface area contributed by atoms with Crippen molar-refractivity contribution in [1.82, 2.24) is 4.90 Å². The third-order valence-electron chi connectivity index (χ3n) is 1.92. The zero-order valence-electron chi connectivity index (χ0n) is 9.55. The Kier molecular flexibility index (Phi) is 6.40. The fourth-order valence-corrected chi connectivity index (χ4v) is 1.45. The molecule has 0 rings (SSSR count). The van der Waals surface area contributed by atoms with Gasteiger partial charge in [0.2, 0.25) is 0 Å². The second-order valence-corrected chi connectivity index (χ2v) is 4.24. The lowest BCUT2D eigenvalue weighted by Gasteiger charge is -2.22. The molecule has 0 fully saturated rings. The summed E-state index contributed by atoms with van der Waals surface area (Å²) in [6, 6.07) is 0. The SMILES string of the molecule is CC(C)CN(CCCC(F)(F)F)CC(=O)O. The maximum Gasteiger partial charge on any atom is 0.389 e. The summed E-state index contributed by atoms with van der Waals surface area (Å²) in [4.78, 5) is 12.0. The molecule has 0 unspecified atom stereocenters. The third-order valence-corrected chi connectivity index (χ3v) is 1.92. The zero-order chi connectivity index (χ0) is 12.8. The van der Waals surface area contributed by atoms with Gasteiger partial charge in [0.25, 0.3) is 0 Å².